The highest BCUT2D eigenvalue weighted by Crippen LogP contribution is 2.18. The van der Waals surface area contributed by atoms with E-state index in [2.05, 4.69) is 19.7 Å². The Bertz CT molecular complexity index is 438. The van der Waals surface area contributed by atoms with Crippen LogP contribution in [0.15, 0.2) is 17.4 Å². The summed E-state index contributed by atoms with van der Waals surface area (Å²) in [6.45, 7) is -0.254. The Labute approximate surface area is 96.5 Å². The second kappa shape index (κ2) is 5.90. The number of aliphatic hydroxyl groups excluding tert-OH is 2. The van der Waals surface area contributed by atoms with Crippen LogP contribution in [-0.2, 0) is 4.74 Å². The number of esters is 1. The predicted molar refractivity (Wildman–Crippen MR) is 57.1 cm³/mol. The molecule has 0 spiro atoms. The molecule has 1 aromatic heterocycles. The van der Waals surface area contributed by atoms with Crippen LogP contribution < -0.4 is 0 Å². The Balaban J connectivity index is 2.75. The van der Waals surface area contributed by atoms with Crippen molar-refractivity contribution in [2.45, 2.75) is 12.2 Å². The van der Waals surface area contributed by atoms with Gasteiger partial charge in [0.2, 0.25) is 0 Å². The van der Waals surface area contributed by atoms with E-state index in [1.54, 1.807) is 0 Å². The van der Waals surface area contributed by atoms with Crippen molar-refractivity contribution in [3.05, 3.63) is 34.0 Å². The first-order valence-electron chi connectivity index (χ1n) is 4.73. The molecule has 0 aromatic carbocycles. The minimum atomic E-state index is -1.24. The normalized spacial score (nSPS) is 13.6. The maximum Gasteiger partial charge on any atom is 0.354 e. The summed E-state index contributed by atoms with van der Waals surface area (Å²) < 4.78 is 4.47. The molecule has 17 heavy (non-hydrogen) atoms. The second-order valence-corrected chi connectivity index (χ2v) is 3.26. The van der Waals surface area contributed by atoms with Gasteiger partial charge in [-0.1, -0.05) is 5.11 Å². The number of H-pyrrole nitrogens is 1. The van der Waals surface area contributed by atoms with E-state index in [0.717, 1.165) is 0 Å². The highest BCUT2D eigenvalue weighted by atomic mass is 16.5. The lowest BCUT2D eigenvalue weighted by atomic mass is 10.1. The topological polar surface area (TPSA) is 131 Å². The molecule has 0 saturated carbocycles. The van der Waals surface area contributed by atoms with Gasteiger partial charge in [0.1, 0.15) is 11.8 Å². The van der Waals surface area contributed by atoms with E-state index in [4.69, 9.17) is 5.53 Å². The SMILES string of the molecule is COC(=O)c1cc(C(O)C(O)CN=[N+]=[N-])c[nH]1. The third-order valence-electron chi connectivity index (χ3n) is 2.15. The fourth-order valence-corrected chi connectivity index (χ4v) is 1.25. The molecule has 92 valence electrons. The molecule has 3 N–H and O–H groups in total. The number of carbonyl (C=O) groups is 1. The van der Waals surface area contributed by atoms with Crippen LogP contribution in [0, 0.1) is 0 Å². The quantitative estimate of drug-likeness (QED) is 0.299. The summed E-state index contributed by atoms with van der Waals surface area (Å²) in [5.74, 6) is -0.576. The summed E-state index contributed by atoms with van der Waals surface area (Å²) >= 11 is 0. The van der Waals surface area contributed by atoms with Crippen LogP contribution in [-0.4, -0.2) is 40.9 Å². The van der Waals surface area contributed by atoms with Crippen LogP contribution in [0.1, 0.15) is 22.2 Å². The summed E-state index contributed by atoms with van der Waals surface area (Å²) in [5, 5.41) is 22.3. The first kappa shape index (κ1) is 13.0. The van der Waals surface area contributed by atoms with Gasteiger partial charge >= 0.3 is 5.97 Å². The molecule has 0 amide bonds. The summed E-state index contributed by atoms with van der Waals surface area (Å²) in [6.07, 6.45) is -1.10. The van der Waals surface area contributed by atoms with Gasteiger partial charge in [0, 0.05) is 16.7 Å². The Morgan fingerprint density at radius 2 is 2.41 bits per heavy atom. The second-order valence-electron chi connectivity index (χ2n) is 3.26. The molecule has 0 bridgehead atoms. The summed E-state index contributed by atoms with van der Waals surface area (Å²) in [5.41, 5.74) is 8.55. The van der Waals surface area contributed by atoms with Gasteiger partial charge in [-0.15, -0.1) is 0 Å². The summed E-state index contributed by atoms with van der Waals surface area (Å²) in [6, 6.07) is 1.36. The van der Waals surface area contributed by atoms with Gasteiger partial charge in [0.05, 0.1) is 19.8 Å². The molecule has 8 heteroatoms. The molecule has 0 radical (unpaired) electrons. The lowest BCUT2D eigenvalue weighted by molar-refractivity contribution is 0.0244. The van der Waals surface area contributed by atoms with Crippen LogP contribution >= 0.6 is 0 Å². The van der Waals surface area contributed by atoms with Gasteiger partial charge < -0.3 is 19.9 Å². The molecule has 2 unspecified atom stereocenters. The predicted octanol–water partition coefficient (Wildman–Crippen LogP) is 0.506. The van der Waals surface area contributed by atoms with Gasteiger partial charge in [-0.3, -0.25) is 0 Å². The van der Waals surface area contributed by atoms with Crippen LogP contribution in [0.3, 0.4) is 0 Å². The number of methoxy groups -OCH3 is 1. The zero-order valence-electron chi connectivity index (χ0n) is 9.07. The standard InChI is InChI=1S/C9H12N4O4/c1-17-9(16)6-2-5(3-11-6)8(15)7(14)4-12-13-10/h2-3,7-8,11,14-15H,4H2,1H3. The van der Waals surface area contributed by atoms with Crippen LogP contribution in [0.25, 0.3) is 10.4 Å². The average Bonchev–Trinajstić information content (AvgIpc) is 2.83. The number of ether oxygens (including phenoxy) is 1. The van der Waals surface area contributed by atoms with Gasteiger partial charge in [-0.2, -0.15) is 0 Å². The van der Waals surface area contributed by atoms with Crippen molar-refractivity contribution in [2.75, 3.05) is 13.7 Å². The highest BCUT2D eigenvalue weighted by Gasteiger charge is 2.20. The van der Waals surface area contributed by atoms with Crippen molar-refractivity contribution >= 4 is 5.97 Å². The first-order valence-corrected chi connectivity index (χ1v) is 4.73. The Hall–Kier alpha value is -2.02. The van der Waals surface area contributed by atoms with Crippen molar-refractivity contribution in [3.63, 3.8) is 0 Å². The molecule has 1 rings (SSSR count). The Morgan fingerprint density at radius 1 is 1.71 bits per heavy atom. The van der Waals surface area contributed by atoms with Crippen LogP contribution in [0.4, 0.5) is 0 Å². The third-order valence-corrected chi connectivity index (χ3v) is 2.15. The number of aromatic nitrogens is 1. The smallest absolute Gasteiger partial charge is 0.354 e. The molecule has 0 aliphatic heterocycles. The minimum absolute atomic E-state index is 0.164. The minimum Gasteiger partial charge on any atom is -0.464 e. The molecule has 0 fully saturated rings. The molecule has 0 aliphatic carbocycles. The van der Waals surface area contributed by atoms with E-state index in [-0.39, 0.29) is 12.2 Å². The Morgan fingerprint density at radius 3 is 3.00 bits per heavy atom. The van der Waals surface area contributed by atoms with E-state index < -0.39 is 18.2 Å². The molecular weight excluding hydrogens is 228 g/mol. The Kier molecular flexibility index (Phi) is 4.53. The number of aromatic amines is 1. The molecule has 2 atom stereocenters. The number of nitrogens with zero attached hydrogens (tertiary/aromatic N) is 3. The average molecular weight is 240 g/mol. The fourth-order valence-electron chi connectivity index (χ4n) is 1.25. The lowest BCUT2D eigenvalue weighted by Crippen LogP contribution is -2.20. The van der Waals surface area contributed by atoms with E-state index in [1.807, 2.05) is 0 Å². The molecule has 0 saturated heterocycles. The number of carbonyl (C=O) groups excluding carboxylic acids is 1. The fraction of sp³-hybridized carbons (Fsp3) is 0.444. The zero-order chi connectivity index (χ0) is 12.8. The maximum absolute atomic E-state index is 11.1. The largest absolute Gasteiger partial charge is 0.464 e. The number of hydrogen-bond donors (Lipinski definition) is 3. The van der Waals surface area contributed by atoms with Crippen molar-refractivity contribution in [1.29, 1.82) is 0 Å². The van der Waals surface area contributed by atoms with Crippen molar-refractivity contribution < 1.29 is 19.7 Å². The van der Waals surface area contributed by atoms with E-state index in [9.17, 15) is 15.0 Å². The molecular formula is C9H12N4O4. The summed E-state index contributed by atoms with van der Waals surface area (Å²) in [7, 11) is 1.23. The number of aliphatic hydroxyl groups is 2. The number of rotatable bonds is 5. The number of hydrogen-bond acceptors (Lipinski definition) is 5. The lowest BCUT2D eigenvalue weighted by Gasteiger charge is -2.13. The van der Waals surface area contributed by atoms with Gasteiger partial charge in [-0.05, 0) is 11.6 Å². The first-order chi connectivity index (χ1) is 8.10. The van der Waals surface area contributed by atoms with Crippen molar-refractivity contribution in [1.82, 2.24) is 4.98 Å². The molecule has 1 aromatic rings. The maximum atomic E-state index is 11.1. The highest BCUT2D eigenvalue weighted by molar-refractivity contribution is 5.87. The molecule has 8 nitrogen and oxygen atoms in total. The van der Waals surface area contributed by atoms with Gasteiger partial charge in [-0.25, -0.2) is 4.79 Å². The van der Waals surface area contributed by atoms with E-state index >= 15 is 0 Å². The number of azide groups is 1. The molecule has 0 aliphatic rings. The van der Waals surface area contributed by atoms with Crippen LogP contribution in [0.5, 0.6) is 0 Å². The number of nitrogens with one attached hydrogen (secondary N) is 1. The van der Waals surface area contributed by atoms with Crippen molar-refractivity contribution in [2.24, 2.45) is 5.11 Å². The summed E-state index contributed by atoms with van der Waals surface area (Å²) in [4.78, 5) is 16.2. The van der Waals surface area contributed by atoms with E-state index in [1.165, 1.54) is 19.4 Å². The van der Waals surface area contributed by atoms with Crippen molar-refractivity contribution in [3.8, 4) is 0 Å². The van der Waals surface area contributed by atoms with Gasteiger partial charge in [0.25, 0.3) is 0 Å². The van der Waals surface area contributed by atoms with E-state index in [0.29, 0.717) is 5.56 Å². The van der Waals surface area contributed by atoms with Gasteiger partial charge in [0.15, 0.2) is 0 Å². The zero-order valence-corrected chi connectivity index (χ0v) is 9.07. The monoisotopic (exact) mass is 240 g/mol. The van der Waals surface area contributed by atoms with Crippen LogP contribution in [0.2, 0.25) is 0 Å². The molecule has 1 heterocycles. The third kappa shape index (κ3) is 3.22.